The Kier molecular flexibility index (Phi) is 3.36. The molecule has 0 fully saturated rings. The van der Waals surface area contributed by atoms with Gasteiger partial charge in [0, 0.05) is 17.9 Å². The molecule has 2 amide bonds. The minimum atomic E-state index is -0.400. The highest BCUT2D eigenvalue weighted by Gasteiger charge is 2.34. The van der Waals surface area contributed by atoms with Crippen molar-refractivity contribution in [3.8, 4) is 0 Å². The Morgan fingerprint density at radius 1 is 1.06 bits per heavy atom. The summed E-state index contributed by atoms with van der Waals surface area (Å²) in [5, 5.41) is 10.2. The Hall–Kier alpha value is -2.24. The van der Waals surface area contributed by atoms with Gasteiger partial charge in [0.25, 0.3) is 11.8 Å². The van der Waals surface area contributed by atoms with Crippen LogP contribution in [-0.2, 0) is 0 Å². The molecule has 0 aromatic heterocycles. The zero-order valence-corrected chi connectivity index (χ0v) is 9.67. The van der Waals surface area contributed by atoms with Gasteiger partial charge in [-0.15, -0.1) is 0 Å². The zero-order valence-electron chi connectivity index (χ0n) is 9.67. The van der Waals surface area contributed by atoms with E-state index in [1.54, 1.807) is 24.3 Å². The van der Waals surface area contributed by atoms with Gasteiger partial charge < -0.3 is 0 Å². The molecule has 6 nitrogen and oxygen atoms in total. The van der Waals surface area contributed by atoms with Crippen molar-refractivity contribution < 1.29 is 14.5 Å². The van der Waals surface area contributed by atoms with E-state index in [0.29, 0.717) is 24.0 Å². The summed E-state index contributed by atoms with van der Waals surface area (Å²) in [5.74, 6) is -0.617. The predicted molar refractivity (Wildman–Crippen MR) is 62.9 cm³/mol. The second-order valence-corrected chi connectivity index (χ2v) is 4.07. The number of rotatable bonds is 5. The number of carbonyl (C=O) groups excluding carboxylic acids is 2. The van der Waals surface area contributed by atoms with Crippen LogP contribution in [-0.4, -0.2) is 34.7 Å². The summed E-state index contributed by atoms with van der Waals surface area (Å²) >= 11 is 0. The number of amides is 2. The molecule has 0 spiro atoms. The van der Waals surface area contributed by atoms with E-state index in [9.17, 15) is 19.7 Å². The first-order valence-corrected chi connectivity index (χ1v) is 5.68. The van der Waals surface area contributed by atoms with Gasteiger partial charge in [0.15, 0.2) is 0 Å². The minimum Gasteiger partial charge on any atom is -0.274 e. The van der Waals surface area contributed by atoms with Crippen LogP contribution in [0.1, 0.15) is 33.6 Å². The van der Waals surface area contributed by atoms with E-state index in [-0.39, 0.29) is 24.9 Å². The van der Waals surface area contributed by atoms with Gasteiger partial charge in [-0.1, -0.05) is 12.1 Å². The molecule has 0 radical (unpaired) electrons. The van der Waals surface area contributed by atoms with Crippen LogP contribution in [0.3, 0.4) is 0 Å². The van der Waals surface area contributed by atoms with Crippen molar-refractivity contribution in [2.75, 3.05) is 13.1 Å². The topological polar surface area (TPSA) is 80.5 Å². The van der Waals surface area contributed by atoms with Gasteiger partial charge in [-0.25, -0.2) is 0 Å². The number of nitrogens with zero attached hydrogens (tertiary/aromatic N) is 2. The molecular weight excluding hydrogens is 236 g/mol. The molecule has 0 atom stereocenters. The predicted octanol–water partition coefficient (Wildman–Crippen LogP) is 1.34. The van der Waals surface area contributed by atoms with Crippen LogP contribution < -0.4 is 0 Å². The Bertz CT molecular complexity index is 478. The maximum absolute atomic E-state index is 11.9. The highest BCUT2D eigenvalue weighted by Crippen LogP contribution is 2.22. The third-order valence-corrected chi connectivity index (χ3v) is 2.85. The number of imide groups is 1. The molecule has 1 aromatic carbocycles. The van der Waals surface area contributed by atoms with Gasteiger partial charge in [0.05, 0.1) is 11.1 Å². The van der Waals surface area contributed by atoms with Gasteiger partial charge in [0.2, 0.25) is 6.54 Å². The molecule has 18 heavy (non-hydrogen) atoms. The lowest BCUT2D eigenvalue weighted by molar-refractivity contribution is -0.480. The molecule has 0 N–H and O–H groups in total. The van der Waals surface area contributed by atoms with Crippen LogP contribution in [0.15, 0.2) is 24.3 Å². The van der Waals surface area contributed by atoms with Crippen molar-refractivity contribution in [2.45, 2.75) is 12.8 Å². The SMILES string of the molecule is O=C1c2ccccc2C(=O)N1CCCC[N+](=O)[O-]. The van der Waals surface area contributed by atoms with Gasteiger partial charge >= 0.3 is 0 Å². The molecule has 0 bridgehead atoms. The number of fused-ring (bicyclic) bond motifs is 1. The standard InChI is InChI=1S/C12H12N2O4/c15-11-9-5-1-2-6-10(9)12(16)13(11)7-3-4-8-14(17)18/h1-2,5-6H,3-4,7-8H2. The summed E-state index contributed by atoms with van der Waals surface area (Å²) in [6, 6.07) is 6.65. The van der Waals surface area contributed by atoms with E-state index in [1.165, 1.54) is 0 Å². The smallest absolute Gasteiger partial charge is 0.261 e. The molecule has 1 heterocycles. The number of hydrogen-bond acceptors (Lipinski definition) is 4. The van der Waals surface area contributed by atoms with E-state index < -0.39 is 4.92 Å². The second-order valence-electron chi connectivity index (χ2n) is 4.07. The Morgan fingerprint density at radius 2 is 1.61 bits per heavy atom. The zero-order chi connectivity index (χ0) is 13.1. The maximum atomic E-state index is 11.9. The molecule has 1 aromatic rings. The van der Waals surface area contributed by atoms with Crippen molar-refractivity contribution in [1.82, 2.24) is 4.90 Å². The largest absolute Gasteiger partial charge is 0.274 e. The first-order chi connectivity index (χ1) is 8.61. The quantitative estimate of drug-likeness (QED) is 0.341. The molecule has 0 aliphatic carbocycles. The molecule has 0 unspecified atom stereocenters. The van der Waals surface area contributed by atoms with Crippen molar-refractivity contribution >= 4 is 11.8 Å². The molecule has 0 saturated carbocycles. The molecule has 1 aliphatic rings. The van der Waals surface area contributed by atoms with Crippen molar-refractivity contribution in [3.63, 3.8) is 0 Å². The Labute approximate surface area is 103 Å². The fourth-order valence-corrected chi connectivity index (χ4v) is 1.95. The average Bonchev–Trinajstić information content (AvgIpc) is 2.59. The number of nitro groups is 1. The summed E-state index contributed by atoms with van der Waals surface area (Å²) in [6.45, 7) is 0.101. The second kappa shape index (κ2) is 4.95. The molecule has 1 aliphatic heterocycles. The van der Waals surface area contributed by atoms with E-state index in [4.69, 9.17) is 0 Å². The van der Waals surface area contributed by atoms with Crippen LogP contribution in [0.2, 0.25) is 0 Å². The van der Waals surface area contributed by atoms with Crippen molar-refractivity contribution in [2.24, 2.45) is 0 Å². The molecule has 0 saturated heterocycles. The fraction of sp³-hybridized carbons (Fsp3) is 0.333. The average molecular weight is 248 g/mol. The first-order valence-electron chi connectivity index (χ1n) is 5.68. The van der Waals surface area contributed by atoms with Crippen LogP contribution >= 0.6 is 0 Å². The highest BCUT2D eigenvalue weighted by molar-refractivity contribution is 6.21. The molecule has 6 heteroatoms. The Morgan fingerprint density at radius 3 is 2.11 bits per heavy atom. The number of unbranched alkanes of at least 4 members (excludes halogenated alkanes) is 1. The monoisotopic (exact) mass is 248 g/mol. The summed E-state index contributed by atoms with van der Waals surface area (Å²) in [7, 11) is 0. The third-order valence-electron chi connectivity index (χ3n) is 2.85. The first kappa shape index (κ1) is 12.2. The van der Waals surface area contributed by atoms with E-state index in [2.05, 4.69) is 0 Å². The van der Waals surface area contributed by atoms with Crippen LogP contribution in [0.4, 0.5) is 0 Å². The van der Waals surface area contributed by atoms with E-state index in [0.717, 1.165) is 4.90 Å². The molecular formula is C12H12N2O4. The highest BCUT2D eigenvalue weighted by atomic mass is 16.6. The lowest BCUT2D eigenvalue weighted by Crippen LogP contribution is -2.30. The van der Waals surface area contributed by atoms with Gasteiger partial charge in [-0.3, -0.25) is 24.6 Å². The number of hydrogen-bond donors (Lipinski definition) is 0. The van der Waals surface area contributed by atoms with Crippen molar-refractivity contribution in [1.29, 1.82) is 0 Å². The fourth-order valence-electron chi connectivity index (χ4n) is 1.95. The lowest BCUT2D eigenvalue weighted by atomic mass is 10.1. The molecule has 94 valence electrons. The summed E-state index contributed by atoms with van der Waals surface area (Å²) < 4.78 is 0. The van der Waals surface area contributed by atoms with Gasteiger partial charge in [-0.2, -0.15) is 0 Å². The van der Waals surface area contributed by atoms with Crippen LogP contribution in [0, 0.1) is 10.1 Å². The van der Waals surface area contributed by atoms with E-state index in [1.807, 2.05) is 0 Å². The van der Waals surface area contributed by atoms with Gasteiger partial charge in [0.1, 0.15) is 0 Å². The summed E-state index contributed by atoms with van der Waals surface area (Å²) in [5.41, 5.74) is 0.827. The summed E-state index contributed by atoms with van der Waals surface area (Å²) in [4.78, 5) is 34.7. The number of carbonyl (C=O) groups is 2. The lowest BCUT2D eigenvalue weighted by Gasteiger charge is -2.12. The van der Waals surface area contributed by atoms with Crippen LogP contribution in [0.25, 0.3) is 0 Å². The van der Waals surface area contributed by atoms with Crippen molar-refractivity contribution in [3.05, 3.63) is 45.5 Å². The number of benzene rings is 1. The van der Waals surface area contributed by atoms with E-state index >= 15 is 0 Å². The minimum absolute atomic E-state index is 0.136. The van der Waals surface area contributed by atoms with Gasteiger partial charge in [-0.05, 0) is 18.6 Å². The van der Waals surface area contributed by atoms with Crippen LogP contribution in [0.5, 0.6) is 0 Å². The third kappa shape index (κ3) is 2.22. The maximum Gasteiger partial charge on any atom is 0.261 e. The Balaban J connectivity index is 1.99. The normalized spacial score (nSPS) is 13.9. The summed E-state index contributed by atoms with van der Waals surface area (Å²) in [6.07, 6.45) is 0.812. The molecule has 2 rings (SSSR count).